The van der Waals surface area contributed by atoms with Gasteiger partial charge >= 0.3 is 0 Å². The van der Waals surface area contributed by atoms with Crippen LogP contribution in [0.2, 0.25) is 0 Å². The first-order chi connectivity index (χ1) is 9.81. The maximum Gasteiger partial charge on any atom is 0.161 e. The van der Waals surface area contributed by atoms with E-state index < -0.39 is 5.60 Å². The van der Waals surface area contributed by atoms with Crippen molar-refractivity contribution in [2.45, 2.75) is 71.6 Å². The van der Waals surface area contributed by atoms with Crippen LogP contribution >= 0.6 is 22.6 Å². The van der Waals surface area contributed by atoms with E-state index >= 15 is 0 Å². The van der Waals surface area contributed by atoms with Crippen molar-refractivity contribution in [1.82, 2.24) is 0 Å². The third kappa shape index (κ3) is 4.19. The number of rotatable bonds is 7. The van der Waals surface area contributed by atoms with Gasteiger partial charge in [-0.3, -0.25) is 5.26 Å². The molecule has 1 aliphatic rings. The highest BCUT2D eigenvalue weighted by Gasteiger charge is 2.51. The van der Waals surface area contributed by atoms with Crippen LogP contribution in [0.5, 0.6) is 0 Å². The summed E-state index contributed by atoms with van der Waals surface area (Å²) in [5, 5.41) is 9.34. The smallest absolute Gasteiger partial charge is 0.161 e. The van der Waals surface area contributed by atoms with Gasteiger partial charge in [0.2, 0.25) is 0 Å². The number of halogens is 1. The van der Waals surface area contributed by atoms with Gasteiger partial charge in [-0.2, -0.15) is 0 Å². The first-order valence-corrected chi connectivity index (χ1v) is 9.19. The molecule has 0 aliphatic carbocycles. The summed E-state index contributed by atoms with van der Waals surface area (Å²) in [7, 11) is 0. The molecule has 0 aromatic carbocycles. The molecule has 1 fully saturated rings. The molecule has 1 N–H and O–H groups in total. The third-order valence-electron chi connectivity index (χ3n) is 4.80. The molecule has 124 valence electrons. The molecule has 6 unspecified atom stereocenters. The molecule has 0 spiro atoms. The minimum atomic E-state index is -0.704. The van der Waals surface area contributed by atoms with Crippen LogP contribution in [0.1, 0.15) is 47.5 Å². The summed E-state index contributed by atoms with van der Waals surface area (Å²) in [5.74, 6) is 0.244. The Morgan fingerprint density at radius 3 is 2.52 bits per heavy atom. The summed E-state index contributed by atoms with van der Waals surface area (Å²) >= 11 is 2.26. The molecule has 0 radical (unpaired) electrons. The first-order valence-electron chi connectivity index (χ1n) is 7.66. The molecule has 0 aromatic rings. The van der Waals surface area contributed by atoms with Crippen LogP contribution in [-0.4, -0.2) is 33.8 Å². The minimum Gasteiger partial charge on any atom is -0.345 e. The van der Waals surface area contributed by atoms with E-state index in [4.69, 9.17) is 14.4 Å². The molecule has 4 nitrogen and oxygen atoms in total. The van der Waals surface area contributed by atoms with Crippen molar-refractivity contribution in [3.8, 4) is 0 Å². The van der Waals surface area contributed by atoms with Gasteiger partial charge in [-0.1, -0.05) is 61.9 Å². The lowest BCUT2D eigenvalue weighted by molar-refractivity contribution is -0.395. The summed E-state index contributed by atoms with van der Waals surface area (Å²) in [5.41, 5.74) is 0.322. The topological polar surface area (TPSA) is 47.9 Å². The monoisotopic (exact) mass is 412 g/mol. The van der Waals surface area contributed by atoms with Crippen LogP contribution in [0.4, 0.5) is 0 Å². The Morgan fingerprint density at radius 1 is 1.48 bits per heavy atom. The first kappa shape index (κ1) is 19.4. The second kappa shape index (κ2) is 8.24. The van der Waals surface area contributed by atoms with Gasteiger partial charge in [0, 0.05) is 10.3 Å². The van der Waals surface area contributed by atoms with E-state index in [0.717, 1.165) is 22.8 Å². The highest BCUT2D eigenvalue weighted by atomic mass is 127. The van der Waals surface area contributed by atoms with Gasteiger partial charge in [0.15, 0.2) is 6.29 Å². The lowest BCUT2D eigenvalue weighted by Crippen LogP contribution is -2.59. The molecule has 0 saturated carbocycles. The molecule has 0 bridgehead atoms. The van der Waals surface area contributed by atoms with E-state index in [2.05, 4.69) is 49.9 Å². The van der Waals surface area contributed by atoms with E-state index in [0.29, 0.717) is 0 Å². The summed E-state index contributed by atoms with van der Waals surface area (Å²) in [6, 6.07) is 0. The molecule has 21 heavy (non-hydrogen) atoms. The minimum absolute atomic E-state index is 0.0175. The van der Waals surface area contributed by atoms with E-state index in [9.17, 15) is 5.26 Å². The zero-order valence-corrected chi connectivity index (χ0v) is 15.9. The predicted octanol–water partition coefficient (Wildman–Crippen LogP) is 4.43. The van der Waals surface area contributed by atoms with Crippen LogP contribution in [0.15, 0.2) is 12.2 Å². The summed E-state index contributed by atoms with van der Waals surface area (Å²) < 4.78 is 13.0. The average molecular weight is 412 g/mol. The molecule has 5 heteroatoms. The molecule has 1 saturated heterocycles. The predicted molar refractivity (Wildman–Crippen MR) is 92.6 cm³/mol. The van der Waals surface area contributed by atoms with Gasteiger partial charge < -0.3 is 9.47 Å². The van der Waals surface area contributed by atoms with Crippen molar-refractivity contribution in [2.24, 2.45) is 11.8 Å². The van der Waals surface area contributed by atoms with Crippen LogP contribution in [0, 0.1) is 11.8 Å². The molecule has 1 rings (SSSR count). The molecule has 1 heterocycles. The van der Waals surface area contributed by atoms with Crippen molar-refractivity contribution < 1.29 is 19.6 Å². The summed E-state index contributed by atoms with van der Waals surface area (Å²) in [6.07, 6.45) is 1.51. The zero-order chi connectivity index (χ0) is 16.2. The van der Waals surface area contributed by atoms with Crippen molar-refractivity contribution >= 4 is 22.6 Å². The standard InChI is InChI=1S/C16H29IO4/c1-7-8-13(10(2)3)19-15-11(4)12(5)16(6,21-18)14(9-17)20-15/h11-15,18H,2,7-9H2,1,3-6H3. The van der Waals surface area contributed by atoms with Gasteiger partial charge in [-0.25, -0.2) is 4.89 Å². The number of ether oxygens (including phenoxy) is 2. The highest BCUT2D eigenvalue weighted by Crippen LogP contribution is 2.41. The van der Waals surface area contributed by atoms with E-state index in [1.54, 1.807) is 0 Å². The second-order valence-corrected chi connectivity index (χ2v) is 7.21. The van der Waals surface area contributed by atoms with Gasteiger partial charge in [-0.15, -0.1) is 0 Å². The highest BCUT2D eigenvalue weighted by molar-refractivity contribution is 14.1. The SMILES string of the molecule is C=C(C)C(CCC)OC1OC(CI)C(C)(OO)C(C)C1C. The normalized spacial score (nSPS) is 38.2. The van der Waals surface area contributed by atoms with Crippen LogP contribution in [0.25, 0.3) is 0 Å². The second-order valence-electron chi connectivity index (χ2n) is 6.33. The average Bonchev–Trinajstić information content (AvgIpc) is 2.46. The van der Waals surface area contributed by atoms with Crippen molar-refractivity contribution in [3.63, 3.8) is 0 Å². The fourth-order valence-electron chi connectivity index (χ4n) is 2.81. The maximum atomic E-state index is 9.34. The van der Waals surface area contributed by atoms with Crippen LogP contribution in [-0.2, 0) is 14.4 Å². The largest absolute Gasteiger partial charge is 0.345 e. The Hall–Kier alpha value is 0.310. The molecule has 0 aromatic heterocycles. The fraction of sp³-hybridized carbons (Fsp3) is 0.875. The molecular formula is C16H29IO4. The van der Waals surface area contributed by atoms with Gasteiger partial charge in [0.1, 0.15) is 11.7 Å². The molecule has 6 atom stereocenters. The Morgan fingerprint density at radius 2 is 2.10 bits per heavy atom. The number of alkyl halides is 1. The molecular weight excluding hydrogens is 383 g/mol. The van der Waals surface area contributed by atoms with Crippen molar-refractivity contribution in [3.05, 3.63) is 12.2 Å². The van der Waals surface area contributed by atoms with Gasteiger partial charge in [0.25, 0.3) is 0 Å². The lowest BCUT2D eigenvalue weighted by Gasteiger charge is -2.49. The van der Waals surface area contributed by atoms with Crippen LogP contribution in [0.3, 0.4) is 0 Å². The Bertz CT molecular complexity index is 345. The van der Waals surface area contributed by atoms with Crippen molar-refractivity contribution in [2.75, 3.05) is 4.43 Å². The lowest BCUT2D eigenvalue weighted by atomic mass is 9.75. The number of hydrogen-bond acceptors (Lipinski definition) is 4. The van der Waals surface area contributed by atoms with E-state index in [-0.39, 0.29) is 30.3 Å². The van der Waals surface area contributed by atoms with Gasteiger partial charge in [0.05, 0.1) is 6.10 Å². The van der Waals surface area contributed by atoms with E-state index in [1.165, 1.54) is 0 Å². The Labute approximate surface area is 142 Å². The van der Waals surface area contributed by atoms with Crippen LogP contribution < -0.4 is 0 Å². The zero-order valence-electron chi connectivity index (χ0n) is 13.8. The summed E-state index contributed by atoms with van der Waals surface area (Å²) in [6.45, 7) is 14.2. The summed E-state index contributed by atoms with van der Waals surface area (Å²) in [4.78, 5) is 4.81. The number of hydrogen-bond donors (Lipinski definition) is 1. The fourth-order valence-corrected chi connectivity index (χ4v) is 3.90. The maximum absolute atomic E-state index is 9.34. The van der Waals surface area contributed by atoms with E-state index in [1.807, 2.05) is 13.8 Å². The Kier molecular flexibility index (Phi) is 7.60. The molecule has 0 amide bonds. The molecule has 1 aliphatic heterocycles. The Balaban J connectivity index is 2.88. The quantitative estimate of drug-likeness (QED) is 0.221. The van der Waals surface area contributed by atoms with Crippen molar-refractivity contribution in [1.29, 1.82) is 0 Å². The third-order valence-corrected chi connectivity index (χ3v) is 5.60. The van der Waals surface area contributed by atoms with Gasteiger partial charge in [-0.05, 0) is 26.2 Å².